The van der Waals surface area contributed by atoms with Crippen LogP contribution in [0.15, 0.2) is 18.2 Å². The fourth-order valence-corrected chi connectivity index (χ4v) is 4.28. The molecule has 168 valence electrons. The van der Waals surface area contributed by atoms with Crippen LogP contribution >= 0.6 is 0 Å². The molecule has 1 saturated heterocycles. The molecule has 0 aromatic heterocycles. The monoisotopic (exact) mass is 424 g/mol. The minimum absolute atomic E-state index is 0.202. The van der Waals surface area contributed by atoms with E-state index in [1.165, 1.54) is 4.90 Å². The molecule has 0 amide bonds. The van der Waals surface area contributed by atoms with Crippen LogP contribution < -0.4 is 10.1 Å². The molecule has 2 aliphatic rings. The number of nitrogens with one attached hydrogen (secondary N) is 1. The SMILES string of the molecule is O=C(O)CCCCCCCOc1cccc2c1C(O)N(C1CCC(O)NC1O)C2O. The molecule has 5 atom stereocenters. The average molecular weight is 424 g/mol. The molecule has 1 fully saturated rings. The molecule has 6 N–H and O–H groups in total. The van der Waals surface area contributed by atoms with E-state index in [0.717, 1.165) is 25.7 Å². The highest BCUT2D eigenvalue weighted by Crippen LogP contribution is 2.46. The maximum atomic E-state index is 10.9. The molecular formula is C21H32N2O7. The largest absolute Gasteiger partial charge is 0.493 e. The lowest BCUT2D eigenvalue weighted by molar-refractivity contribution is -0.159. The Bertz CT molecular complexity index is 717. The van der Waals surface area contributed by atoms with Gasteiger partial charge in [0.15, 0.2) is 0 Å². The van der Waals surface area contributed by atoms with Crippen LogP contribution in [0, 0.1) is 0 Å². The summed E-state index contributed by atoms with van der Waals surface area (Å²) in [5.41, 5.74) is 1.05. The third-order valence-electron chi connectivity index (χ3n) is 5.84. The number of piperidine rings is 1. The van der Waals surface area contributed by atoms with Crippen LogP contribution in [0.3, 0.4) is 0 Å². The zero-order chi connectivity index (χ0) is 21.7. The maximum absolute atomic E-state index is 10.9. The van der Waals surface area contributed by atoms with Gasteiger partial charge in [-0.3, -0.25) is 10.1 Å². The van der Waals surface area contributed by atoms with Crippen LogP contribution in [0.4, 0.5) is 0 Å². The summed E-state index contributed by atoms with van der Waals surface area (Å²) in [4.78, 5) is 11.9. The first-order valence-corrected chi connectivity index (χ1v) is 10.6. The molecular weight excluding hydrogens is 392 g/mol. The lowest BCUT2D eigenvalue weighted by Crippen LogP contribution is -2.57. The van der Waals surface area contributed by atoms with Crippen molar-refractivity contribution < 1.29 is 35.1 Å². The standard InChI is InChI=1S/C21H32N2O7/c24-16-11-10-14(19(27)22-16)23-20(28)13-7-6-8-15(18(13)21(23)29)30-12-5-3-1-2-4-9-17(25)26/h6-8,14,16,19-22,24,27-29H,1-5,9-12H2,(H,25,26). The van der Waals surface area contributed by atoms with Gasteiger partial charge in [0.1, 0.15) is 30.7 Å². The smallest absolute Gasteiger partial charge is 0.303 e. The number of aliphatic hydroxyl groups excluding tert-OH is 4. The molecule has 1 aromatic rings. The number of rotatable bonds is 10. The van der Waals surface area contributed by atoms with Crippen molar-refractivity contribution in [2.45, 2.75) is 82.3 Å². The molecule has 0 spiro atoms. The number of aliphatic hydroxyl groups is 4. The zero-order valence-electron chi connectivity index (χ0n) is 17.0. The molecule has 2 heterocycles. The Morgan fingerprint density at radius 3 is 2.50 bits per heavy atom. The molecule has 2 aliphatic heterocycles. The molecule has 0 saturated carbocycles. The van der Waals surface area contributed by atoms with E-state index >= 15 is 0 Å². The fourth-order valence-electron chi connectivity index (χ4n) is 4.28. The summed E-state index contributed by atoms with van der Waals surface area (Å²) in [5, 5.41) is 52.9. The minimum Gasteiger partial charge on any atom is -0.493 e. The van der Waals surface area contributed by atoms with Crippen molar-refractivity contribution in [3.8, 4) is 5.75 Å². The van der Waals surface area contributed by atoms with Gasteiger partial charge in [-0.05, 0) is 31.7 Å². The summed E-state index contributed by atoms with van der Waals surface area (Å²) in [6.45, 7) is 0.456. The molecule has 1 aromatic carbocycles. The van der Waals surface area contributed by atoms with Crippen molar-refractivity contribution in [2.24, 2.45) is 0 Å². The van der Waals surface area contributed by atoms with Crippen LogP contribution in [0.25, 0.3) is 0 Å². The second-order valence-electron chi connectivity index (χ2n) is 7.99. The van der Waals surface area contributed by atoms with Gasteiger partial charge in [0.05, 0.1) is 12.6 Å². The number of hydrogen-bond donors (Lipinski definition) is 6. The van der Waals surface area contributed by atoms with Gasteiger partial charge in [-0.25, -0.2) is 4.90 Å². The highest BCUT2D eigenvalue weighted by molar-refractivity contribution is 5.66. The number of carbonyl (C=O) groups is 1. The van der Waals surface area contributed by atoms with Gasteiger partial charge in [-0.2, -0.15) is 0 Å². The quantitative estimate of drug-likeness (QED) is 0.305. The van der Waals surface area contributed by atoms with E-state index in [2.05, 4.69) is 5.32 Å². The van der Waals surface area contributed by atoms with E-state index in [1.807, 2.05) is 0 Å². The Hall–Kier alpha value is -1.75. The van der Waals surface area contributed by atoms with Crippen LogP contribution in [0.2, 0.25) is 0 Å². The summed E-state index contributed by atoms with van der Waals surface area (Å²) >= 11 is 0. The summed E-state index contributed by atoms with van der Waals surface area (Å²) in [7, 11) is 0. The number of hydrogen-bond acceptors (Lipinski definition) is 8. The topological polar surface area (TPSA) is 143 Å². The molecule has 0 aliphatic carbocycles. The number of carboxylic acids is 1. The van der Waals surface area contributed by atoms with Gasteiger partial charge in [-0.15, -0.1) is 0 Å². The molecule has 5 unspecified atom stereocenters. The van der Waals surface area contributed by atoms with Crippen molar-refractivity contribution in [1.29, 1.82) is 0 Å². The number of fused-ring (bicyclic) bond motifs is 1. The first-order chi connectivity index (χ1) is 14.4. The second kappa shape index (κ2) is 10.5. The second-order valence-corrected chi connectivity index (χ2v) is 7.99. The van der Waals surface area contributed by atoms with Crippen LogP contribution in [-0.4, -0.2) is 61.5 Å². The van der Waals surface area contributed by atoms with Crippen LogP contribution in [-0.2, 0) is 4.79 Å². The van der Waals surface area contributed by atoms with Gasteiger partial charge in [0.2, 0.25) is 0 Å². The van der Waals surface area contributed by atoms with Crippen LogP contribution in [0.5, 0.6) is 5.75 Å². The van der Waals surface area contributed by atoms with E-state index in [9.17, 15) is 25.2 Å². The van der Waals surface area contributed by atoms with Gasteiger partial charge in [0, 0.05) is 17.5 Å². The van der Waals surface area contributed by atoms with E-state index in [-0.39, 0.29) is 6.42 Å². The summed E-state index contributed by atoms with van der Waals surface area (Å²) in [6.07, 6.45) is 1.18. The number of ether oxygens (including phenoxy) is 1. The van der Waals surface area contributed by atoms with Gasteiger partial charge in [-0.1, -0.05) is 31.4 Å². The van der Waals surface area contributed by atoms with Crippen molar-refractivity contribution in [3.63, 3.8) is 0 Å². The van der Waals surface area contributed by atoms with E-state index in [0.29, 0.717) is 42.7 Å². The van der Waals surface area contributed by atoms with Crippen molar-refractivity contribution in [3.05, 3.63) is 29.3 Å². The molecule has 9 heteroatoms. The lowest BCUT2D eigenvalue weighted by atomic mass is 10.0. The van der Waals surface area contributed by atoms with Gasteiger partial charge >= 0.3 is 5.97 Å². The van der Waals surface area contributed by atoms with Crippen molar-refractivity contribution in [2.75, 3.05) is 6.61 Å². The van der Waals surface area contributed by atoms with E-state index in [4.69, 9.17) is 9.84 Å². The Kier molecular flexibility index (Phi) is 8.04. The molecule has 3 rings (SSSR count). The first kappa shape index (κ1) is 22.9. The predicted octanol–water partition coefficient (Wildman–Crippen LogP) is 1.18. The molecule has 30 heavy (non-hydrogen) atoms. The zero-order valence-corrected chi connectivity index (χ0v) is 17.0. The Labute approximate surface area is 175 Å². The first-order valence-electron chi connectivity index (χ1n) is 10.6. The van der Waals surface area contributed by atoms with E-state index in [1.54, 1.807) is 18.2 Å². The number of aliphatic carboxylic acids is 1. The number of unbranched alkanes of at least 4 members (excludes halogenated alkanes) is 4. The molecule has 9 nitrogen and oxygen atoms in total. The summed E-state index contributed by atoms with van der Waals surface area (Å²) in [5.74, 6) is -0.260. The highest BCUT2D eigenvalue weighted by Gasteiger charge is 2.46. The normalized spacial score (nSPS) is 29.0. The molecule has 0 bridgehead atoms. The van der Waals surface area contributed by atoms with E-state index < -0.39 is 36.9 Å². The average Bonchev–Trinajstić information content (AvgIpc) is 2.95. The number of benzene rings is 1. The predicted molar refractivity (Wildman–Crippen MR) is 107 cm³/mol. The summed E-state index contributed by atoms with van der Waals surface area (Å²) in [6, 6.07) is 4.70. The minimum atomic E-state index is -1.13. The Balaban J connectivity index is 1.55. The fraction of sp³-hybridized carbons (Fsp3) is 0.667. The third-order valence-corrected chi connectivity index (χ3v) is 5.84. The highest BCUT2D eigenvalue weighted by atomic mass is 16.5. The Morgan fingerprint density at radius 1 is 1.03 bits per heavy atom. The lowest BCUT2D eigenvalue weighted by Gasteiger charge is -2.40. The molecule has 0 radical (unpaired) electrons. The third kappa shape index (κ3) is 5.29. The summed E-state index contributed by atoms with van der Waals surface area (Å²) < 4.78 is 5.88. The maximum Gasteiger partial charge on any atom is 0.303 e. The van der Waals surface area contributed by atoms with Crippen molar-refractivity contribution >= 4 is 5.97 Å². The van der Waals surface area contributed by atoms with Crippen molar-refractivity contribution in [1.82, 2.24) is 10.2 Å². The number of nitrogens with zero attached hydrogens (tertiary/aromatic N) is 1. The Morgan fingerprint density at radius 2 is 1.77 bits per heavy atom. The van der Waals surface area contributed by atoms with Crippen LogP contribution in [0.1, 0.15) is 74.9 Å². The number of carboxylic acid groups (broad SMARTS) is 1. The van der Waals surface area contributed by atoms with Gasteiger partial charge < -0.3 is 30.3 Å². The van der Waals surface area contributed by atoms with Gasteiger partial charge in [0.25, 0.3) is 0 Å².